The number of halogens is 1. The van der Waals surface area contributed by atoms with Gasteiger partial charge in [0.2, 0.25) is 0 Å². The van der Waals surface area contributed by atoms with E-state index >= 15 is 0 Å². The number of hydrogen-bond donors (Lipinski definition) is 0. The number of amides is 1. The minimum Gasteiger partial charge on any atom is -0.335 e. The first-order valence-corrected chi connectivity index (χ1v) is 10.2. The molecule has 1 aromatic carbocycles. The molecule has 0 atom stereocenters. The molecule has 0 bridgehead atoms. The number of aromatic nitrogens is 2. The van der Waals surface area contributed by atoms with Crippen molar-refractivity contribution < 1.29 is 9.18 Å². The van der Waals surface area contributed by atoms with Gasteiger partial charge in [0.1, 0.15) is 11.5 Å². The highest BCUT2D eigenvalue weighted by molar-refractivity contribution is 7.15. The molecule has 3 aromatic rings. The summed E-state index contributed by atoms with van der Waals surface area (Å²) in [5.41, 5.74) is 2.15. The topological polar surface area (TPSA) is 41.4 Å². The van der Waals surface area contributed by atoms with E-state index in [1.54, 1.807) is 29.1 Å². The zero-order chi connectivity index (χ0) is 19.7. The van der Waals surface area contributed by atoms with Gasteiger partial charge in [0, 0.05) is 55.1 Å². The number of aryl methyl sites for hydroxylation is 2. The van der Waals surface area contributed by atoms with Crippen molar-refractivity contribution in [1.82, 2.24) is 19.6 Å². The van der Waals surface area contributed by atoms with E-state index in [2.05, 4.69) is 16.1 Å². The maximum Gasteiger partial charge on any atom is 0.272 e. The molecule has 0 aliphatic carbocycles. The number of carbonyl (C=O) groups is 1. The first kappa shape index (κ1) is 18.8. The summed E-state index contributed by atoms with van der Waals surface area (Å²) in [4.78, 5) is 19.1. The quantitative estimate of drug-likeness (QED) is 0.675. The normalized spacial score (nSPS) is 15.2. The van der Waals surface area contributed by atoms with E-state index in [-0.39, 0.29) is 11.7 Å². The molecule has 5 nitrogen and oxygen atoms in total. The fourth-order valence-corrected chi connectivity index (χ4v) is 4.65. The van der Waals surface area contributed by atoms with Crippen molar-refractivity contribution in [3.05, 3.63) is 64.5 Å². The van der Waals surface area contributed by atoms with Crippen molar-refractivity contribution in [2.45, 2.75) is 13.5 Å². The van der Waals surface area contributed by atoms with Gasteiger partial charge in [-0.15, -0.1) is 11.3 Å². The number of thiophene rings is 1. The van der Waals surface area contributed by atoms with Crippen LogP contribution in [-0.2, 0) is 13.6 Å². The van der Waals surface area contributed by atoms with Crippen molar-refractivity contribution in [3.63, 3.8) is 0 Å². The summed E-state index contributed by atoms with van der Waals surface area (Å²) in [5.74, 6) is -0.144. The third-order valence-electron chi connectivity index (χ3n) is 5.06. The smallest absolute Gasteiger partial charge is 0.272 e. The Morgan fingerprint density at radius 3 is 2.57 bits per heavy atom. The SMILES string of the molecule is Cc1cc(C(=O)N2CCN(Cc3ccc(-c4ccccc4F)s3)CC2)n(C)n1. The van der Waals surface area contributed by atoms with Crippen LogP contribution in [0.2, 0.25) is 0 Å². The molecule has 4 rings (SSSR count). The monoisotopic (exact) mass is 398 g/mol. The second-order valence-electron chi connectivity index (χ2n) is 7.11. The van der Waals surface area contributed by atoms with E-state index in [4.69, 9.17) is 0 Å². The van der Waals surface area contributed by atoms with Gasteiger partial charge in [-0.25, -0.2) is 4.39 Å². The average molecular weight is 399 g/mol. The van der Waals surface area contributed by atoms with Gasteiger partial charge in [0.15, 0.2) is 0 Å². The Kier molecular flexibility index (Phi) is 5.28. The summed E-state index contributed by atoms with van der Waals surface area (Å²) in [6.07, 6.45) is 0. The number of nitrogens with zero attached hydrogens (tertiary/aromatic N) is 4. The van der Waals surface area contributed by atoms with E-state index in [1.807, 2.05) is 36.1 Å². The van der Waals surface area contributed by atoms with Gasteiger partial charge < -0.3 is 4.90 Å². The van der Waals surface area contributed by atoms with E-state index in [0.29, 0.717) is 24.3 Å². The number of carbonyl (C=O) groups excluding carboxylic acids is 1. The van der Waals surface area contributed by atoms with E-state index in [9.17, 15) is 9.18 Å². The second-order valence-corrected chi connectivity index (χ2v) is 8.28. The fourth-order valence-electron chi connectivity index (χ4n) is 3.57. The molecule has 28 heavy (non-hydrogen) atoms. The Morgan fingerprint density at radius 1 is 1.14 bits per heavy atom. The minimum atomic E-state index is -0.187. The molecular formula is C21H23FN4OS. The summed E-state index contributed by atoms with van der Waals surface area (Å²) in [5, 5.41) is 4.26. The van der Waals surface area contributed by atoms with Crippen LogP contribution in [0, 0.1) is 12.7 Å². The summed E-state index contributed by atoms with van der Waals surface area (Å²) < 4.78 is 15.6. The predicted molar refractivity (Wildman–Crippen MR) is 109 cm³/mol. The largest absolute Gasteiger partial charge is 0.335 e. The molecule has 3 heterocycles. The van der Waals surface area contributed by atoms with Crippen LogP contribution in [0.15, 0.2) is 42.5 Å². The standard InChI is InChI=1S/C21H23FN4OS/c1-15-13-19(24(2)23-15)21(27)26-11-9-25(10-12-26)14-16-7-8-20(28-16)17-5-3-4-6-18(17)22/h3-8,13H,9-12,14H2,1-2H3. The van der Waals surface area contributed by atoms with Gasteiger partial charge in [-0.05, 0) is 31.2 Å². The van der Waals surface area contributed by atoms with Gasteiger partial charge in [-0.3, -0.25) is 14.4 Å². The van der Waals surface area contributed by atoms with Crippen molar-refractivity contribution in [2.24, 2.45) is 7.05 Å². The molecule has 146 valence electrons. The molecule has 0 spiro atoms. The highest BCUT2D eigenvalue weighted by atomic mass is 32.1. The molecule has 0 saturated carbocycles. The molecule has 1 amide bonds. The molecule has 1 aliphatic rings. The first-order valence-electron chi connectivity index (χ1n) is 9.37. The van der Waals surface area contributed by atoms with Gasteiger partial charge in [-0.1, -0.05) is 18.2 Å². The average Bonchev–Trinajstić information content (AvgIpc) is 3.28. The molecule has 1 fully saturated rings. The highest BCUT2D eigenvalue weighted by Crippen LogP contribution is 2.30. The number of hydrogen-bond acceptors (Lipinski definition) is 4. The zero-order valence-electron chi connectivity index (χ0n) is 16.1. The molecule has 7 heteroatoms. The maximum absolute atomic E-state index is 14.0. The van der Waals surface area contributed by atoms with Crippen LogP contribution in [0.5, 0.6) is 0 Å². The number of rotatable bonds is 4. The summed E-state index contributed by atoms with van der Waals surface area (Å²) >= 11 is 1.63. The van der Waals surface area contributed by atoms with Crippen molar-refractivity contribution in [1.29, 1.82) is 0 Å². The lowest BCUT2D eigenvalue weighted by molar-refractivity contribution is 0.0619. The second kappa shape index (κ2) is 7.85. The van der Waals surface area contributed by atoms with Crippen LogP contribution in [0.3, 0.4) is 0 Å². The molecular weight excluding hydrogens is 375 g/mol. The molecule has 2 aromatic heterocycles. The maximum atomic E-state index is 14.0. The molecule has 0 N–H and O–H groups in total. The summed E-state index contributed by atoms with van der Waals surface area (Å²) in [6, 6.07) is 12.8. The molecule has 1 saturated heterocycles. The molecule has 1 aliphatic heterocycles. The van der Waals surface area contributed by atoms with Gasteiger partial charge >= 0.3 is 0 Å². The van der Waals surface area contributed by atoms with Crippen molar-refractivity contribution in [3.8, 4) is 10.4 Å². The van der Waals surface area contributed by atoms with Crippen molar-refractivity contribution >= 4 is 17.2 Å². The van der Waals surface area contributed by atoms with E-state index in [1.165, 1.54) is 10.9 Å². The molecule has 0 unspecified atom stereocenters. The Hall–Kier alpha value is -2.51. The van der Waals surface area contributed by atoms with Crippen LogP contribution in [0.1, 0.15) is 21.1 Å². The lowest BCUT2D eigenvalue weighted by Gasteiger charge is -2.34. The highest BCUT2D eigenvalue weighted by Gasteiger charge is 2.24. The van der Waals surface area contributed by atoms with Crippen LogP contribution in [0.4, 0.5) is 4.39 Å². The molecule has 0 radical (unpaired) electrons. The van der Waals surface area contributed by atoms with Crippen molar-refractivity contribution in [2.75, 3.05) is 26.2 Å². The van der Waals surface area contributed by atoms with Crippen LogP contribution < -0.4 is 0 Å². The Morgan fingerprint density at radius 2 is 1.89 bits per heavy atom. The number of benzene rings is 1. The summed E-state index contributed by atoms with van der Waals surface area (Å²) in [6.45, 7) is 5.78. The first-order chi connectivity index (χ1) is 13.5. The Bertz CT molecular complexity index is 988. The lowest BCUT2D eigenvalue weighted by Crippen LogP contribution is -2.48. The Balaban J connectivity index is 1.36. The summed E-state index contributed by atoms with van der Waals surface area (Å²) in [7, 11) is 1.81. The van der Waals surface area contributed by atoms with Gasteiger partial charge in [0.25, 0.3) is 5.91 Å². The van der Waals surface area contributed by atoms with E-state index in [0.717, 1.165) is 30.2 Å². The number of piperazine rings is 1. The van der Waals surface area contributed by atoms with E-state index < -0.39 is 0 Å². The zero-order valence-corrected chi connectivity index (χ0v) is 16.9. The predicted octanol–water partition coefficient (Wildman–Crippen LogP) is 3.55. The van der Waals surface area contributed by atoms with Gasteiger partial charge in [0.05, 0.1) is 5.69 Å². The third-order valence-corrected chi connectivity index (χ3v) is 6.16. The van der Waals surface area contributed by atoms with Crippen LogP contribution in [-0.4, -0.2) is 51.7 Å². The van der Waals surface area contributed by atoms with Gasteiger partial charge in [-0.2, -0.15) is 5.10 Å². The fraction of sp³-hybridized carbons (Fsp3) is 0.333. The lowest BCUT2D eigenvalue weighted by atomic mass is 10.2. The Labute approximate surface area is 168 Å². The minimum absolute atomic E-state index is 0.0423. The third kappa shape index (κ3) is 3.86. The van der Waals surface area contributed by atoms with Crippen LogP contribution >= 0.6 is 11.3 Å². The van der Waals surface area contributed by atoms with Crippen LogP contribution in [0.25, 0.3) is 10.4 Å².